The van der Waals surface area contributed by atoms with E-state index in [1.807, 2.05) is 6.07 Å². The first-order valence-electron chi connectivity index (χ1n) is 5.02. The largest absolute Gasteiger partial charge is 0.495 e. The fourth-order valence-corrected chi connectivity index (χ4v) is 1.86. The van der Waals surface area contributed by atoms with Gasteiger partial charge < -0.3 is 9.47 Å². The van der Waals surface area contributed by atoms with Gasteiger partial charge in [-0.3, -0.25) is 0 Å². The van der Waals surface area contributed by atoms with E-state index < -0.39 is 5.97 Å². The van der Waals surface area contributed by atoms with Crippen molar-refractivity contribution in [2.45, 2.75) is 12.3 Å². The van der Waals surface area contributed by atoms with Crippen LogP contribution in [0.1, 0.15) is 28.4 Å². The zero-order valence-electron chi connectivity index (χ0n) is 9.62. The molecule has 0 aliphatic rings. The van der Waals surface area contributed by atoms with Crippen LogP contribution in [0.4, 0.5) is 0 Å². The number of benzene rings is 1. The molecule has 17 heavy (non-hydrogen) atoms. The summed E-state index contributed by atoms with van der Waals surface area (Å²) in [6, 6.07) is 5.14. The quantitative estimate of drug-likeness (QED) is 0.633. The van der Waals surface area contributed by atoms with Gasteiger partial charge in [0, 0.05) is 10.9 Å². The zero-order valence-corrected chi connectivity index (χ0v) is 11.2. The van der Waals surface area contributed by atoms with Crippen LogP contribution in [0.2, 0.25) is 0 Å². The lowest BCUT2D eigenvalue weighted by Gasteiger charge is -2.10. The number of rotatable bonds is 4. The first-order chi connectivity index (χ1) is 8.17. The molecule has 1 aromatic rings. The van der Waals surface area contributed by atoms with Crippen molar-refractivity contribution in [1.82, 2.24) is 0 Å². The van der Waals surface area contributed by atoms with Crippen molar-refractivity contribution in [1.29, 1.82) is 5.26 Å². The third-order valence-corrected chi connectivity index (χ3v) is 2.75. The monoisotopic (exact) mass is 297 g/mol. The third-order valence-electron chi connectivity index (χ3n) is 2.15. The molecule has 0 fully saturated rings. The topological polar surface area (TPSA) is 59.3 Å². The van der Waals surface area contributed by atoms with Crippen molar-refractivity contribution in [3.8, 4) is 11.8 Å². The first-order valence-corrected chi connectivity index (χ1v) is 6.14. The molecule has 0 amide bonds. The SMILES string of the molecule is CCOC(=O)c1cc(C#N)c(OC)c(CBr)c1. The van der Waals surface area contributed by atoms with Gasteiger partial charge >= 0.3 is 5.97 Å². The average Bonchev–Trinajstić information content (AvgIpc) is 2.37. The molecule has 0 aliphatic heterocycles. The highest BCUT2D eigenvalue weighted by Crippen LogP contribution is 2.27. The molecule has 0 aliphatic carbocycles. The molecule has 0 spiro atoms. The molecule has 4 nitrogen and oxygen atoms in total. The van der Waals surface area contributed by atoms with E-state index in [4.69, 9.17) is 14.7 Å². The minimum atomic E-state index is -0.436. The molecule has 0 saturated heterocycles. The number of hydrogen-bond acceptors (Lipinski definition) is 4. The van der Waals surface area contributed by atoms with E-state index >= 15 is 0 Å². The number of alkyl halides is 1. The van der Waals surface area contributed by atoms with Crippen molar-refractivity contribution in [3.05, 3.63) is 28.8 Å². The van der Waals surface area contributed by atoms with Crippen molar-refractivity contribution in [2.75, 3.05) is 13.7 Å². The summed E-state index contributed by atoms with van der Waals surface area (Å²) >= 11 is 3.29. The lowest BCUT2D eigenvalue weighted by Crippen LogP contribution is -2.06. The summed E-state index contributed by atoms with van der Waals surface area (Å²) in [6.07, 6.45) is 0. The Kier molecular flexibility index (Phi) is 4.98. The predicted molar refractivity (Wildman–Crippen MR) is 66.3 cm³/mol. The summed E-state index contributed by atoms with van der Waals surface area (Å²) in [5.41, 5.74) is 1.43. The first kappa shape index (κ1) is 13.5. The Morgan fingerprint density at radius 3 is 2.71 bits per heavy atom. The molecule has 0 atom stereocenters. The highest BCUT2D eigenvalue weighted by Gasteiger charge is 2.15. The van der Waals surface area contributed by atoms with Crippen molar-refractivity contribution in [3.63, 3.8) is 0 Å². The number of halogens is 1. The van der Waals surface area contributed by atoms with Gasteiger partial charge in [-0.15, -0.1) is 0 Å². The van der Waals surface area contributed by atoms with Crippen LogP contribution in [0.5, 0.6) is 5.75 Å². The van der Waals surface area contributed by atoms with E-state index in [1.54, 1.807) is 13.0 Å². The maximum Gasteiger partial charge on any atom is 0.338 e. The summed E-state index contributed by atoms with van der Waals surface area (Å²) in [7, 11) is 1.49. The Balaban J connectivity index is 3.28. The van der Waals surface area contributed by atoms with Gasteiger partial charge in [-0.2, -0.15) is 5.26 Å². The zero-order chi connectivity index (χ0) is 12.8. The summed E-state index contributed by atoms with van der Waals surface area (Å²) in [5, 5.41) is 9.51. The summed E-state index contributed by atoms with van der Waals surface area (Å²) in [5.74, 6) is 0.0475. The van der Waals surface area contributed by atoms with Gasteiger partial charge in [-0.25, -0.2) is 4.79 Å². The fourth-order valence-electron chi connectivity index (χ4n) is 1.44. The van der Waals surface area contributed by atoms with E-state index in [1.165, 1.54) is 13.2 Å². The van der Waals surface area contributed by atoms with E-state index in [0.29, 0.717) is 28.8 Å². The average molecular weight is 298 g/mol. The van der Waals surface area contributed by atoms with Crippen LogP contribution in [0, 0.1) is 11.3 Å². The molecule has 90 valence electrons. The van der Waals surface area contributed by atoms with Crippen LogP contribution in [0.15, 0.2) is 12.1 Å². The molecule has 0 N–H and O–H groups in total. The second-order valence-corrected chi connectivity index (χ2v) is 3.74. The Hall–Kier alpha value is -1.54. The summed E-state index contributed by atoms with van der Waals surface area (Å²) in [4.78, 5) is 11.6. The molecule has 0 heterocycles. The van der Waals surface area contributed by atoms with E-state index in [9.17, 15) is 4.79 Å². The molecule has 0 unspecified atom stereocenters. The lowest BCUT2D eigenvalue weighted by molar-refractivity contribution is 0.0526. The number of hydrogen-bond donors (Lipinski definition) is 0. The van der Waals surface area contributed by atoms with E-state index in [2.05, 4.69) is 15.9 Å². The van der Waals surface area contributed by atoms with Crippen LogP contribution in [0.25, 0.3) is 0 Å². The molecule has 5 heteroatoms. The minimum Gasteiger partial charge on any atom is -0.495 e. The van der Waals surface area contributed by atoms with Crippen LogP contribution in [-0.2, 0) is 10.1 Å². The molecule has 1 rings (SSSR count). The summed E-state index contributed by atoms with van der Waals surface area (Å²) in [6.45, 7) is 2.04. The Bertz CT molecular complexity index is 466. The van der Waals surface area contributed by atoms with Gasteiger partial charge in [0.1, 0.15) is 11.8 Å². The maximum atomic E-state index is 11.6. The molecule has 0 aromatic heterocycles. The number of ether oxygens (including phenoxy) is 2. The summed E-state index contributed by atoms with van der Waals surface area (Å²) < 4.78 is 10.0. The van der Waals surface area contributed by atoms with Crippen molar-refractivity contribution in [2.24, 2.45) is 0 Å². The van der Waals surface area contributed by atoms with Crippen LogP contribution >= 0.6 is 15.9 Å². The van der Waals surface area contributed by atoms with Gasteiger partial charge in [-0.05, 0) is 19.1 Å². The Labute approximate surface area is 108 Å². The molecular weight excluding hydrogens is 286 g/mol. The van der Waals surface area contributed by atoms with Crippen LogP contribution in [0.3, 0.4) is 0 Å². The molecule has 0 radical (unpaired) electrons. The Morgan fingerprint density at radius 2 is 2.24 bits per heavy atom. The van der Waals surface area contributed by atoms with Gasteiger partial charge in [0.25, 0.3) is 0 Å². The Morgan fingerprint density at radius 1 is 1.53 bits per heavy atom. The van der Waals surface area contributed by atoms with E-state index in [0.717, 1.165) is 5.56 Å². The number of nitrogens with zero attached hydrogens (tertiary/aromatic N) is 1. The maximum absolute atomic E-state index is 11.6. The molecule has 1 aromatic carbocycles. The molecule has 0 saturated carbocycles. The van der Waals surface area contributed by atoms with Gasteiger partial charge in [0.05, 0.1) is 24.8 Å². The second-order valence-electron chi connectivity index (χ2n) is 3.18. The van der Waals surface area contributed by atoms with Gasteiger partial charge in [-0.1, -0.05) is 15.9 Å². The normalized spacial score (nSPS) is 9.53. The standard InChI is InChI=1S/C12H12BrNO3/c1-3-17-12(15)8-4-9(6-13)11(16-2)10(5-8)7-14/h4-5H,3,6H2,1-2H3. The fraction of sp³-hybridized carbons (Fsp3) is 0.333. The number of carbonyl (C=O) groups is 1. The number of nitriles is 1. The van der Waals surface area contributed by atoms with Gasteiger partial charge in [0.15, 0.2) is 0 Å². The minimum absolute atomic E-state index is 0.302. The number of esters is 1. The highest BCUT2D eigenvalue weighted by molar-refractivity contribution is 9.08. The van der Waals surface area contributed by atoms with Crippen LogP contribution in [-0.4, -0.2) is 19.7 Å². The number of carbonyl (C=O) groups excluding carboxylic acids is 1. The second kappa shape index (κ2) is 6.26. The smallest absolute Gasteiger partial charge is 0.338 e. The predicted octanol–water partition coefficient (Wildman–Crippen LogP) is 2.64. The molecular formula is C12H12BrNO3. The van der Waals surface area contributed by atoms with Crippen LogP contribution < -0.4 is 4.74 Å². The van der Waals surface area contributed by atoms with E-state index in [-0.39, 0.29) is 0 Å². The highest BCUT2D eigenvalue weighted by atomic mass is 79.9. The van der Waals surface area contributed by atoms with Gasteiger partial charge in [0.2, 0.25) is 0 Å². The lowest BCUT2D eigenvalue weighted by atomic mass is 10.1. The molecule has 0 bridgehead atoms. The van der Waals surface area contributed by atoms with Crippen molar-refractivity contribution < 1.29 is 14.3 Å². The third kappa shape index (κ3) is 2.98. The van der Waals surface area contributed by atoms with Crippen molar-refractivity contribution >= 4 is 21.9 Å². The number of methoxy groups -OCH3 is 1.